The van der Waals surface area contributed by atoms with Crippen molar-refractivity contribution in [2.45, 2.75) is 38.1 Å². The SMILES string of the molecule is O=C(c1cnc(NC2Cc3ccccc3C2)nc1)N1CCC(COCc2c[nH]nn2)C(F)C1. The van der Waals surface area contributed by atoms with Crippen LogP contribution in [0.25, 0.3) is 0 Å². The van der Waals surface area contributed by atoms with E-state index in [9.17, 15) is 9.18 Å². The quantitative estimate of drug-likeness (QED) is 0.567. The zero-order valence-corrected chi connectivity index (χ0v) is 18.2. The molecule has 10 heteroatoms. The molecule has 3 heterocycles. The van der Waals surface area contributed by atoms with E-state index in [4.69, 9.17) is 4.74 Å². The maximum atomic E-state index is 14.7. The number of alkyl halides is 1. The van der Waals surface area contributed by atoms with Gasteiger partial charge in [-0.1, -0.05) is 29.5 Å². The van der Waals surface area contributed by atoms with E-state index in [2.05, 4.69) is 55.0 Å². The number of halogens is 1. The van der Waals surface area contributed by atoms with Gasteiger partial charge in [0, 0.05) is 37.1 Å². The number of anilines is 1. The van der Waals surface area contributed by atoms with Gasteiger partial charge in [0.05, 0.1) is 25.3 Å². The second kappa shape index (κ2) is 9.62. The Bertz CT molecular complexity index is 1050. The normalized spacial score (nSPS) is 20.6. The average Bonchev–Trinajstić information content (AvgIpc) is 3.49. The molecule has 1 aliphatic heterocycles. The molecular weight excluding hydrogens is 425 g/mol. The number of fused-ring (bicyclic) bond motifs is 1. The number of nitrogens with one attached hydrogen (secondary N) is 2. The minimum absolute atomic E-state index is 0.0388. The highest BCUT2D eigenvalue weighted by molar-refractivity contribution is 5.93. The summed E-state index contributed by atoms with van der Waals surface area (Å²) in [6.07, 6.45) is 5.91. The topological polar surface area (TPSA) is 109 Å². The fourth-order valence-electron chi connectivity index (χ4n) is 4.48. The minimum atomic E-state index is -1.15. The number of ether oxygens (including phenoxy) is 1. The van der Waals surface area contributed by atoms with Crippen molar-refractivity contribution in [3.63, 3.8) is 0 Å². The van der Waals surface area contributed by atoms with Gasteiger partial charge in [0.1, 0.15) is 11.9 Å². The molecule has 0 bridgehead atoms. The van der Waals surface area contributed by atoms with Crippen LogP contribution in [-0.2, 0) is 24.2 Å². The number of amides is 1. The van der Waals surface area contributed by atoms with Crippen molar-refractivity contribution in [3.05, 3.63) is 65.2 Å². The van der Waals surface area contributed by atoms with Crippen LogP contribution < -0.4 is 5.32 Å². The van der Waals surface area contributed by atoms with Gasteiger partial charge in [-0.2, -0.15) is 0 Å². The zero-order valence-electron chi connectivity index (χ0n) is 18.2. The van der Waals surface area contributed by atoms with Crippen molar-refractivity contribution >= 4 is 11.9 Å². The first-order valence-corrected chi connectivity index (χ1v) is 11.2. The van der Waals surface area contributed by atoms with Gasteiger partial charge in [-0.15, -0.1) is 5.10 Å². The second-order valence-electron chi connectivity index (χ2n) is 8.61. The molecule has 2 atom stereocenters. The van der Waals surface area contributed by atoms with Crippen LogP contribution in [-0.4, -0.2) is 68.1 Å². The summed E-state index contributed by atoms with van der Waals surface area (Å²) >= 11 is 0. The summed E-state index contributed by atoms with van der Waals surface area (Å²) in [7, 11) is 0. The summed E-state index contributed by atoms with van der Waals surface area (Å²) in [6.45, 7) is 1.08. The molecule has 9 nitrogen and oxygen atoms in total. The summed E-state index contributed by atoms with van der Waals surface area (Å²) in [5.74, 6) is -0.00515. The first-order chi connectivity index (χ1) is 16.2. The van der Waals surface area contributed by atoms with Gasteiger partial charge in [0.25, 0.3) is 5.91 Å². The number of aromatic nitrogens is 5. The second-order valence-corrected chi connectivity index (χ2v) is 8.61. The van der Waals surface area contributed by atoms with E-state index >= 15 is 0 Å². The number of piperidine rings is 1. The highest BCUT2D eigenvalue weighted by Gasteiger charge is 2.32. The molecule has 33 heavy (non-hydrogen) atoms. The number of H-pyrrole nitrogens is 1. The molecule has 2 aliphatic rings. The van der Waals surface area contributed by atoms with Gasteiger partial charge in [-0.05, 0) is 30.4 Å². The van der Waals surface area contributed by atoms with E-state index in [1.54, 1.807) is 6.20 Å². The molecule has 3 aromatic rings. The van der Waals surface area contributed by atoms with Gasteiger partial charge < -0.3 is 15.0 Å². The predicted octanol–water partition coefficient (Wildman–Crippen LogP) is 2.19. The van der Waals surface area contributed by atoms with Gasteiger partial charge in [0.15, 0.2) is 0 Å². The Morgan fingerprint density at radius 3 is 2.64 bits per heavy atom. The standard InChI is InChI=1S/C23H26FN7O2/c24-21-12-31(6-5-17(21)13-33-14-20-11-27-30-29-20)22(32)18-9-25-23(26-10-18)28-19-7-15-3-1-2-4-16(15)8-19/h1-4,9-11,17,19,21H,5-8,12-14H2,(H,25,26,28)(H,27,29,30). The molecule has 1 aliphatic carbocycles. The third-order valence-electron chi connectivity index (χ3n) is 6.30. The average molecular weight is 452 g/mol. The van der Waals surface area contributed by atoms with Gasteiger partial charge in [-0.25, -0.2) is 14.4 Å². The van der Waals surface area contributed by atoms with E-state index in [-0.39, 0.29) is 37.6 Å². The number of rotatable bonds is 7. The number of benzene rings is 1. The lowest BCUT2D eigenvalue weighted by molar-refractivity contribution is 0.0107. The summed E-state index contributed by atoms with van der Waals surface area (Å²) in [5, 5.41) is 13.4. The Balaban J connectivity index is 1.10. The van der Waals surface area contributed by atoms with Crippen LogP contribution in [0, 0.1) is 5.92 Å². The van der Waals surface area contributed by atoms with E-state index in [0.717, 1.165) is 12.8 Å². The van der Waals surface area contributed by atoms with E-state index in [1.807, 2.05) is 0 Å². The largest absolute Gasteiger partial charge is 0.375 e. The molecular formula is C23H26FN7O2. The highest BCUT2D eigenvalue weighted by atomic mass is 19.1. The van der Waals surface area contributed by atoms with Gasteiger partial charge in [0.2, 0.25) is 5.95 Å². The molecule has 172 valence electrons. The molecule has 1 saturated heterocycles. The molecule has 1 aromatic carbocycles. The molecule has 1 amide bonds. The fraction of sp³-hybridized carbons (Fsp3) is 0.435. The molecule has 0 spiro atoms. The van der Waals surface area contributed by atoms with Crippen LogP contribution in [0.4, 0.5) is 10.3 Å². The number of aromatic amines is 1. The number of carbonyl (C=O) groups is 1. The van der Waals surface area contributed by atoms with Crippen molar-refractivity contribution in [1.82, 2.24) is 30.3 Å². The van der Waals surface area contributed by atoms with Crippen LogP contribution >= 0.6 is 0 Å². The minimum Gasteiger partial charge on any atom is -0.375 e. The predicted molar refractivity (Wildman–Crippen MR) is 118 cm³/mol. The monoisotopic (exact) mass is 451 g/mol. The van der Waals surface area contributed by atoms with Crippen molar-refractivity contribution in [3.8, 4) is 0 Å². The van der Waals surface area contributed by atoms with Crippen LogP contribution in [0.5, 0.6) is 0 Å². The summed E-state index contributed by atoms with van der Waals surface area (Å²) < 4.78 is 20.3. The van der Waals surface area contributed by atoms with Crippen LogP contribution in [0.15, 0.2) is 42.9 Å². The zero-order chi connectivity index (χ0) is 22.6. The summed E-state index contributed by atoms with van der Waals surface area (Å²) in [4.78, 5) is 23.0. The Labute approximate surface area is 190 Å². The number of nitrogens with zero attached hydrogens (tertiary/aromatic N) is 5. The van der Waals surface area contributed by atoms with Crippen molar-refractivity contribution in [2.24, 2.45) is 5.92 Å². The van der Waals surface area contributed by atoms with E-state index in [0.29, 0.717) is 30.2 Å². The number of hydrogen-bond acceptors (Lipinski definition) is 7. The molecule has 2 N–H and O–H groups in total. The number of likely N-dealkylation sites (tertiary alicyclic amines) is 1. The molecule has 0 radical (unpaired) electrons. The smallest absolute Gasteiger partial charge is 0.257 e. The Hall–Kier alpha value is -3.40. The Morgan fingerprint density at radius 1 is 1.21 bits per heavy atom. The lowest BCUT2D eigenvalue weighted by Gasteiger charge is -2.34. The van der Waals surface area contributed by atoms with Crippen LogP contribution in [0.1, 0.15) is 33.6 Å². The van der Waals surface area contributed by atoms with Crippen LogP contribution in [0.3, 0.4) is 0 Å². The van der Waals surface area contributed by atoms with E-state index < -0.39 is 6.17 Å². The lowest BCUT2D eigenvalue weighted by atomic mass is 9.95. The molecule has 1 fully saturated rings. The third-order valence-corrected chi connectivity index (χ3v) is 6.30. The molecule has 2 aromatic heterocycles. The maximum absolute atomic E-state index is 14.7. The summed E-state index contributed by atoms with van der Waals surface area (Å²) in [6, 6.07) is 8.62. The molecule has 0 saturated carbocycles. The first kappa shape index (κ1) is 21.4. The fourth-order valence-corrected chi connectivity index (χ4v) is 4.48. The Kier molecular flexibility index (Phi) is 6.25. The number of carbonyl (C=O) groups excluding carboxylic acids is 1. The molecule has 2 unspecified atom stereocenters. The van der Waals surface area contributed by atoms with Crippen molar-refractivity contribution in [2.75, 3.05) is 25.0 Å². The maximum Gasteiger partial charge on any atom is 0.257 e. The highest BCUT2D eigenvalue weighted by Crippen LogP contribution is 2.24. The summed E-state index contributed by atoms with van der Waals surface area (Å²) in [5.41, 5.74) is 3.72. The Morgan fingerprint density at radius 2 is 1.97 bits per heavy atom. The number of hydrogen-bond donors (Lipinski definition) is 2. The van der Waals surface area contributed by atoms with Crippen molar-refractivity contribution in [1.29, 1.82) is 0 Å². The van der Waals surface area contributed by atoms with Crippen molar-refractivity contribution < 1.29 is 13.9 Å². The van der Waals surface area contributed by atoms with Gasteiger partial charge >= 0.3 is 0 Å². The first-order valence-electron chi connectivity index (χ1n) is 11.2. The third kappa shape index (κ3) is 5.00. The van der Waals surface area contributed by atoms with E-state index in [1.165, 1.54) is 28.4 Å². The lowest BCUT2D eigenvalue weighted by Crippen LogP contribution is -2.46. The van der Waals surface area contributed by atoms with Gasteiger partial charge in [-0.3, -0.25) is 9.89 Å². The molecule has 5 rings (SSSR count). The van der Waals surface area contributed by atoms with Crippen LogP contribution in [0.2, 0.25) is 0 Å².